The summed E-state index contributed by atoms with van der Waals surface area (Å²) in [5, 5.41) is 9.18. The quantitative estimate of drug-likeness (QED) is 0.673. The second-order valence-corrected chi connectivity index (χ2v) is 3.61. The molecule has 1 aliphatic heterocycles. The van der Waals surface area contributed by atoms with Gasteiger partial charge in [-0.2, -0.15) is 0 Å². The predicted octanol–water partition coefficient (Wildman–Crippen LogP) is 0.478. The van der Waals surface area contributed by atoms with Crippen LogP contribution in [0.15, 0.2) is 0 Å². The smallest absolute Gasteiger partial charge is 0.0698 e. The molecule has 0 saturated carbocycles. The maximum absolute atomic E-state index is 9.18. The van der Waals surface area contributed by atoms with Crippen molar-refractivity contribution in [2.45, 2.75) is 32.0 Å². The van der Waals surface area contributed by atoms with Crippen molar-refractivity contribution in [2.24, 2.45) is 0 Å². The van der Waals surface area contributed by atoms with Gasteiger partial charge in [0.05, 0.1) is 12.2 Å². The van der Waals surface area contributed by atoms with Gasteiger partial charge < -0.3 is 9.84 Å². The Labute approximate surface area is 74.3 Å². The van der Waals surface area contributed by atoms with Gasteiger partial charge in [-0.25, -0.2) is 0 Å². The highest BCUT2D eigenvalue weighted by Gasteiger charge is 2.19. The van der Waals surface area contributed by atoms with Crippen molar-refractivity contribution in [1.82, 2.24) is 4.90 Å². The van der Waals surface area contributed by atoms with Crippen LogP contribution in [-0.4, -0.2) is 49.0 Å². The van der Waals surface area contributed by atoms with E-state index in [1.165, 1.54) is 6.42 Å². The fourth-order valence-electron chi connectivity index (χ4n) is 1.75. The molecule has 0 aromatic rings. The van der Waals surface area contributed by atoms with Crippen LogP contribution in [0.3, 0.4) is 0 Å². The van der Waals surface area contributed by atoms with Gasteiger partial charge in [-0.05, 0) is 26.3 Å². The summed E-state index contributed by atoms with van der Waals surface area (Å²) in [6.45, 7) is 4.68. The average Bonchev–Trinajstić information content (AvgIpc) is 2.03. The Morgan fingerprint density at radius 2 is 2.42 bits per heavy atom. The molecule has 12 heavy (non-hydrogen) atoms. The summed E-state index contributed by atoms with van der Waals surface area (Å²) in [5.41, 5.74) is 0. The number of rotatable bonds is 3. The molecule has 1 heterocycles. The summed E-state index contributed by atoms with van der Waals surface area (Å²) < 4.78 is 5.28. The number of β-amino-alcohol motifs (C(OH)–C–C–N with tert-alkyl or cyclic N) is 1. The Hall–Kier alpha value is -0.120. The van der Waals surface area contributed by atoms with Gasteiger partial charge in [-0.1, -0.05) is 0 Å². The molecule has 3 heteroatoms. The fraction of sp³-hybridized carbons (Fsp3) is 1.00. The monoisotopic (exact) mass is 173 g/mol. The Morgan fingerprint density at radius 1 is 1.67 bits per heavy atom. The van der Waals surface area contributed by atoms with Crippen LogP contribution < -0.4 is 0 Å². The highest BCUT2D eigenvalue weighted by atomic mass is 16.5. The lowest BCUT2D eigenvalue weighted by Gasteiger charge is -2.32. The van der Waals surface area contributed by atoms with Gasteiger partial charge in [-0.15, -0.1) is 0 Å². The molecule has 1 N–H and O–H groups in total. The third-order valence-electron chi connectivity index (χ3n) is 2.32. The SMILES string of the molecule is COC1CCCN(CC(C)O)C1. The third-order valence-corrected chi connectivity index (χ3v) is 2.32. The van der Waals surface area contributed by atoms with Crippen LogP contribution in [0, 0.1) is 0 Å². The van der Waals surface area contributed by atoms with E-state index in [9.17, 15) is 5.11 Å². The number of hydrogen-bond acceptors (Lipinski definition) is 3. The van der Waals surface area contributed by atoms with Crippen LogP contribution >= 0.6 is 0 Å². The number of aliphatic hydroxyl groups excluding tert-OH is 1. The number of aliphatic hydroxyl groups is 1. The molecule has 0 aliphatic carbocycles. The molecule has 0 spiro atoms. The summed E-state index contributed by atoms with van der Waals surface area (Å²) in [6, 6.07) is 0. The number of ether oxygens (including phenoxy) is 1. The Balaban J connectivity index is 2.25. The summed E-state index contributed by atoms with van der Waals surface area (Å²) >= 11 is 0. The van der Waals surface area contributed by atoms with Gasteiger partial charge >= 0.3 is 0 Å². The minimum absolute atomic E-state index is 0.222. The van der Waals surface area contributed by atoms with E-state index in [-0.39, 0.29) is 6.10 Å². The molecule has 3 nitrogen and oxygen atoms in total. The highest BCUT2D eigenvalue weighted by molar-refractivity contribution is 4.73. The van der Waals surface area contributed by atoms with Gasteiger partial charge in [0.15, 0.2) is 0 Å². The lowest BCUT2D eigenvalue weighted by Crippen LogP contribution is -2.42. The van der Waals surface area contributed by atoms with Gasteiger partial charge in [0.1, 0.15) is 0 Å². The van der Waals surface area contributed by atoms with Crippen molar-refractivity contribution in [3.8, 4) is 0 Å². The van der Waals surface area contributed by atoms with Crippen molar-refractivity contribution < 1.29 is 9.84 Å². The second kappa shape index (κ2) is 4.80. The molecular weight excluding hydrogens is 154 g/mol. The highest BCUT2D eigenvalue weighted by Crippen LogP contribution is 2.12. The van der Waals surface area contributed by atoms with Crippen molar-refractivity contribution in [3.05, 3.63) is 0 Å². The normalized spacial score (nSPS) is 28.8. The molecule has 2 unspecified atom stereocenters. The maximum atomic E-state index is 9.18. The molecule has 0 amide bonds. The van der Waals surface area contributed by atoms with E-state index in [0.717, 1.165) is 26.1 Å². The Morgan fingerprint density at radius 3 is 3.00 bits per heavy atom. The van der Waals surface area contributed by atoms with Crippen LogP contribution in [0.2, 0.25) is 0 Å². The van der Waals surface area contributed by atoms with Crippen LogP contribution in [-0.2, 0) is 4.74 Å². The zero-order chi connectivity index (χ0) is 8.97. The molecule has 0 bridgehead atoms. The zero-order valence-electron chi connectivity index (χ0n) is 7.99. The maximum Gasteiger partial charge on any atom is 0.0698 e. The molecule has 1 aliphatic rings. The Kier molecular flexibility index (Phi) is 3.98. The van der Waals surface area contributed by atoms with E-state index < -0.39 is 0 Å². The second-order valence-electron chi connectivity index (χ2n) is 3.61. The number of likely N-dealkylation sites (tertiary alicyclic amines) is 1. The summed E-state index contributed by atoms with van der Waals surface area (Å²) in [4.78, 5) is 2.27. The van der Waals surface area contributed by atoms with E-state index in [2.05, 4.69) is 4.90 Å². The zero-order valence-corrected chi connectivity index (χ0v) is 7.99. The summed E-state index contributed by atoms with van der Waals surface area (Å²) in [5.74, 6) is 0. The first-order valence-corrected chi connectivity index (χ1v) is 4.65. The fourth-order valence-corrected chi connectivity index (χ4v) is 1.75. The molecule has 1 saturated heterocycles. The molecule has 0 aromatic heterocycles. The molecule has 0 aromatic carbocycles. The van der Waals surface area contributed by atoms with Crippen LogP contribution in [0.1, 0.15) is 19.8 Å². The van der Waals surface area contributed by atoms with E-state index in [0.29, 0.717) is 6.10 Å². The molecule has 2 atom stereocenters. The first-order chi connectivity index (χ1) is 5.72. The van der Waals surface area contributed by atoms with Gasteiger partial charge in [-0.3, -0.25) is 4.90 Å². The van der Waals surface area contributed by atoms with Crippen molar-refractivity contribution in [2.75, 3.05) is 26.7 Å². The molecule has 1 rings (SSSR count). The summed E-state index contributed by atoms with van der Waals surface area (Å²) in [6.07, 6.45) is 2.50. The Bertz CT molecular complexity index is 128. The minimum atomic E-state index is -0.222. The van der Waals surface area contributed by atoms with Crippen molar-refractivity contribution in [1.29, 1.82) is 0 Å². The van der Waals surface area contributed by atoms with Crippen LogP contribution in [0.4, 0.5) is 0 Å². The lowest BCUT2D eigenvalue weighted by molar-refractivity contribution is 0.0159. The number of piperidine rings is 1. The van der Waals surface area contributed by atoms with Crippen molar-refractivity contribution in [3.63, 3.8) is 0 Å². The number of nitrogens with zero attached hydrogens (tertiary/aromatic N) is 1. The molecular formula is C9H19NO2. The van der Waals surface area contributed by atoms with Crippen LogP contribution in [0.25, 0.3) is 0 Å². The first kappa shape index (κ1) is 9.96. The lowest BCUT2D eigenvalue weighted by atomic mass is 10.1. The third kappa shape index (κ3) is 3.09. The average molecular weight is 173 g/mol. The summed E-state index contributed by atoms with van der Waals surface area (Å²) in [7, 11) is 1.76. The van der Waals surface area contributed by atoms with Gasteiger partial charge in [0.2, 0.25) is 0 Å². The minimum Gasteiger partial charge on any atom is -0.392 e. The van der Waals surface area contributed by atoms with Crippen LogP contribution in [0.5, 0.6) is 0 Å². The topological polar surface area (TPSA) is 32.7 Å². The number of methoxy groups -OCH3 is 1. The molecule has 0 radical (unpaired) electrons. The van der Waals surface area contributed by atoms with Crippen molar-refractivity contribution >= 4 is 0 Å². The standard InChI is InChI=1S/C9H19NO2/c1-8(11)6-10-5-3-4-9(7-10)12-2/h8-9,11H,3-7H2,1-2H3. The first-order valence-electron chi connectivity index (χ1n) is 4.65. The van der Waals surface area contributed by atoms with E-state index in [4.69, 9.17) is 4.74 Å². The number of hydrogen-bond donors (Lipinski definition) is 1. The predicted molar refractivity (Wildman–Crippen MR) is 48.2 cm³/mol. The molecule has 72 valence electrons. The molecule has 1 fully saturated rings. The van der Waals surface area contributed by atoms with E-state index >= 15 is 0 Å². The van der Waals surface area contributed by atoms with E-state index in [1.807, 2.05) is 6.92 Å². The van der Waals surface area contributed by atoms with Gasteiger partial charge in [0, 0.05) is 20.2 Å². The largest absolute Gasteiger partial charge is 0.392 e. The van der Waals surface area contributed by atoms with Gasteiger partial charge in [0.25, 0.3) is 0 Å². The van der Waals surface area contributed by atoms with E-state index in [1.54, 1.807) is 7.11 Å².